The van der Waals surface area contributed by atoms with E-state index in [-0.39, 0.29) is 11.9 Å². The van der Waals surface area contributed by atoms with E-state index < -0.39 is 0 Å². The Morgan fingerprint density at radius 3 is 2.08 bits per heavy atom. The Balaban J connectivity index is 1.31. The van der Waals surface area contributed by atoms with Crippen LogP contribution in [0.4, 0.5) is 0 Å². The molecule has 0 N–H and O–H groups in total. The van der Waals surface area contributed by atoms with E-state index in [1.54, 1.807) is 24.3 Å². The molecule has 0 bridgehead atoms. The maximum Gasteiger partial charge on any atom is 0.343 e. The number of carbonyl (C=O) groups is 2. The summed E-state index contributed by atoms with van der Waals surface area (Å²) in [5.74, 6) is 1.05. The van der Waals surface area contributed by atoms with Gasteiger partial charge in [-0.05, 0) is 106 Å². The van der Waals surface area contributed by atoms with E-state index in [1.807, 2.05) is 12.1 Å². The molecule has 40 heavy (non-hydrogen) atoms. The van der Waals surface area contributed by atoms with Crippen molar-refractivity contribution in [3.8, 4) is 11.5 Å². The lowest BCUT2D eigenvalue weighted by Crippen LogP contribution is -2.21. The van der Waals surface area contributed by atoms with Gasteiger partial charge in [0, 0.05) is 12.7 Å². The molecule has 6 heteroatoms. The Labute approximate surface area is 240 Å². The molecule has 1 saturated carbocycles. The minimum absolute atomic E-state index is 0.379. The van der Waals surface area contributed by atoms with Gasteiger partial charge in [-0.1, -0.05) is 44.9 Å². The predicted octanol–water partition coefficient (Wildman–Crippen LogP) is 8.20. The second kappa shape index (κ2) is 18.3. The van der Waals surface area contributed by atoms with Gasteiger partial charge in [0.05, 0.1) is 24.9 Å². The average Bonchev–Trinajstić information content (AvgIpc) is 2.99. The number of hydrogen-bond donors (Lipinski definition) is 0. The first-order chi connectivity index (χ1) is 19.6. The Bertz CT molecular complexity index is 1010. The van der Waals surface area contributed by atoms with Gasteiger partial charge in [0.1, 0.15) is 11.5 Å². The van der Waals surface area contributed by atoms with Crippen molar-refractivity contribution in [1.82, 2.24) is 0 Å². The summed E-state index contributed by atoms with van der Waals surface area (Å²) < 4.78 is 22.4. The van der Waals surface area contributed by atoms with Gasteiger partial charge in [-0.2, -0.15) is 0 Å². The maximum atomic E-state index is 12.6. The van der Waals surface area contributed by atoms with Gasteiger partial charge < -0.3 is 18.9 Å². The van der Waals surface area contributed by atoms with Crippen molar-refractivity contribution in [3.63, 3.8) is 0 Å². The lowest BCUT2D eigenvalue weighted by Gasteiger charge is -2.29. The molecule has 0 aromatic heterocycles. The van der Waals surface area contributed by atoms with Crippen LogP contribution < -0.4 is 9.47 Å². The summed E-state index contributed by atoms with van der Waals surface area (Å²) in [6, 6.07) is 15.0. The first-order valence-corrected chi connectivity index (χ1v) is 15.0. The van der Waals surface area contributed by atoms with Crippen LogP contribution in [0.2, 0.25) is 0 Å². The summed E-state index contributed by atoms with van der Waals surface area (Å²) in [6.45, 7) is 7.51. The fourth-order valence-electron chi connectivity index (χ4n) is 4.98. The van der Waals surface area contributed by atoms with Gasteiger partial charge in [0.25, 0.3) is 0 Å². The lowest BCUT2D eigenvalue weighted by atomic mass is 9.83. The largest absolute Gasteiger partial charge is 0.494 e. The minimum Gasteiger partial charge on any atom is -0.494 e. The van der Waals surface area contributed by atoms with Gasteiger partial charge >= 0.3 is 11.9 Å². The van der Waals surface area contributed by atoms with E-state index in [0.29, 0.717) is 36.5 Å². The highest BCUT2D eigenvalue weighted by Gasteiger charge is 2.23. The summed E-state index contributed by atoms with van der Waals surface area (Å²) in [5, 5.41) is 0. The lowest BCUT2D eigenvalue weighted by molar-refractivity contribution is -0.137. The average molecular weight is 551 g/mol. The monoisotopic (exact) mass is 550 g/mol. The molecule has 0 unspecified atom stereocenters. The number of unbranched alkanes of at least 4 members (excludes halogenated alkanes) is 6. The van der Waals surface area contributed by atoms with Crippen LogP contribution in [0, 0.1) is 0 Å². The number of ether oxygens (including phenoxy) is 4. The van der Waals surface area contributed by atoms with E-state index in [9.17, 15) is 9.59 Å². The summed E-state index contributed by atoms with van der Waals surface area (Å²) in [5.41, 5.74) is 1.79. The molecule has 2 aromatic rings. The van der Waals surface area contributed by atoms with Crippen molar-refractivity contribution < 1.29 is 28.5 Å². The molecular formula is C34H46O6. The topological polar surface area (TPSA) is 71.1 Å². The Morgan fingerprint density at radius 1 is 0.775 bits per heavy atom. The molecule has 0 radical (unpaired) electrons. The predicted molar refractivity (Wildman–Crippen MR) is 158 cm³/mol. The third-order valence-electron chi connectivity index (χ3n) is 7.40. The number of carbonyl (C=O) groups excluding carboxylic acids is 2. The third-order valence-corrected chi connectivity index (χ3v) is 7.40. The zero-order valence-electron chi connectivity index (χ0n) is 24.1. The smallest absolute Gasteiger partial charge is 0.343 e. The Kier molecular flexibility index (Phi) is 14.3. The normalized spacial score (nSPS) is 16.7. The molecule has 0 amide bonds. The van der Waals surface area contributed by atoms with E-state index in [4.69, 9.17) is 18.9 Å². The van der Waals surface area contributed by atoms with E-state index in [1.165, 1.54) is 37.3 Å². The molecule has 0 aliphatic heterocycles. The van der Waals surface area contributed by atoms with Crippen LogP contribution in [-0.4, -0.2) is 37.9 Å². The fraction of sp³-hybridized carbons (Fsp3) is 0.529. The summed E-state index contributed by atoms with van der Waals surface area (Å²) in [7, 11) is 0. The van der Waals surface area contributed by atoms with Gasteiger partial charge in [-0.25, -0.2) is 9.59 Å². The second-order valence-electron chi connectivity index (χ2n) is 10.5. The van der Waals surface area contributed by atoms with E-state index in [2.05, 4.69) is 25.6 Å². The zero-order chi connectivity index (χ0) is 28.4. The Morgan fingerprint density at radius 2 is 1.40 bits per heavy atom. The summed E-state index contributed by atoms with van der Waals surface area (Å²) >= 11 is 0. The standard InChI is InChI=1S/C34H46O6/c1-3-5-6-9-24-37-30-18-12-27(13-19-30)28-14-22-32(23-15-28)40-34(36)29-16-20-31(21-17-29)38-25-10-7-8-11-26-39-33(35)4-2/h4,14-17,20-23,27,30H,2-3,5-13,18-19,24-26H2,1H3. The van der Waals surface area contributed by atoms with Crippen molar-refractivity contribution in [2.45, 2.75) is 96.0 Å². The highest BCUT2D eigenvalue weighted by atomic mass is 16.5. The van der Waals surface area contributed by atoms with Crippen molar-refractivity contribution in [2.24, 2.45) is 0 Å². The maximum absolute atomic E-state index is 12.6. The molecule has 1 aliphatic carbocycles. The number of rotatable bonds is 18. The molecule has 1 aliphatic rings. The SMILES string of the molecule is C=CC(=O)OCCCCCCOc1ccc(C(=O)Oc2ccc(C3CCC(OCCCCCC)CC3)cc2)cc1. The zero-order valence-corrected chi connectivity index (χ0v) is 24.1. The van der Waals surface area contributed by atoms with Gasteiger partial charge in [-0.15, -0.1) is 0 Å². The molecule has 218 valence electrons. The summed E-state index contributed by atoms with van der Waals surface area (Å²) in [4.78, 5) is 23.6. The van der Waals surface area contributed by atoms with Crippen LogP contribution in [-0.2, 0) is 14.3 Å². The first-order valence-electron chi connectivity index (χ1n) is 15.0. The van der Waals surface area contributed by atoms with Gasteiger partial charge in [0.2, 0.25) is 0 Å². The number of esters is 2. The second-order valence-corrected chi connectivity index (χ2v) is 10.5. The quantitative estimate of drug-likeness (QED) is 0.0806. The molecule has 0 spiro atoms. The summed E-state index contributed by atoms with van der Waals surface area (Å²) in [6.07, 6.45) is 14.8. The van der Waals surface area contributed by atoms with Crippen LogP contribution in [0.1, 0.15) is 106 Å². The highest BCUT2D eigenvalue weighted by molar-refractivity contribution is 5.91. The number of benzene rings is 2. The van der Waals surface area contributed by atoms with Crippen molar-refractivity contribution in [3.05, 3.63) is 72.3 Å². The first kappa shape index (κ1) is 31.4. The molecule has 6 nitrogen and oxygen atoms in total. The van der Waals surface area contributed by atoms with Crippen LogP contribution in [0.15, 0.2) is 61.2 Å². The van der Waals surface area contributed by atoms with Crippen molar-refractivity contribution >= 4 is 11.9 Å². The van der Waals surface area contributed by atoms with E-state index in [0.717, 1.165) is 63.7 Å². The van der Waals surface area contributed by atoms with Crippen LogP contribution in [0.3, 0.4) is 0 Å². The highest BCUT2D eigenvalue weighted by Crippen LogP contribution is 2.35. The van der Waals surface area contributed by atoms with Gasteiger partial charge in [-0.3, -0.25) is 0 Å². The van der Waals surface area contributed by atoms with E-state index >= 15 is 0 Å². The molecule has 0 atom stereocenters. The molecule has 3 rings (SSSR count). The van der Waals surface area contributed by atoms with Crippen molar-refractivity contribution in [1.29, 1.82) is 0 Å². The molecular weight excluding hydrogens is 504 g/mol. The van der Waals surface area contributed by atoms with Crippen LogP contribution >= 0.6 is 0 Å². The minimum atomic E-state index is -0.381. The third kappa shape index (κ3) is 11.5. The number of hydrogen-bond acceptors (Lipinski definition) is 6. The van der Waals surface area contributed by atoms with Crippen LogP contribution in [0.25, 0.3) is 0 Å². The molecule has 1 fully saturated rings. The molecule has 2 aromatic carbocycles. The van der Waals surface area contributed by atoms with Gasteiger partial charge in [0.15, 0.2) is 0 Å². The van der Waals surface area contributed by atoms with Crippen LogP contribution in [0.5, 0.6) is 11.5 Å². The molecule has 0 heterocycles. The van der Waals surface area contributed by atoms with Crippen molar-refractivity contribution in [2.75, 3.05) is 19.8 Å². The Hall–Kier alpha value is -3.12. The molecule has 0 saturated heterocycles. The fourth-order valence-corrected chi connectivity index (χ4v) is 4.98.